The van der Waals surface area contributed by atoms with Gasteiger partial charge in [0.05, 0.1) is 25.3 Å². The smallest absolute Gasteiger partial charge is 0.238 e. The first-order valence-electron chi connectivity index (χ1n) is 12.0. The highest BCUT2D eigenvalue weighted by atomic mass is 16.5. The van der Waals surface area contributed by atoms with Crippen LogP contribution in [0.3, 0.4) is 0 Å². The molecule has 0 spiro atoms. The number of ether oxygens (including phenoxy) is 1. The molecule has 2 unspecified atom stereocenters. The van der Waals surface area contributed by atoms with Gasteiger partial charge in [-0.15, -0.1) is 0 Å². The summed E-state index contributed by atoms with van der Waals surface area (Å²) in [5.41, 5.74) is 1.98. The van der Waals surface area contributed by atoms with E-state index in [0.717, 1.165) is 76.6 Å². The zero-order valence-electron chi connectivity index (χ0n) is 19.5. The second kappa shape index (κ2) is 10.6. The van der Waals surface area contributed by atoms with Crippen molar-refractivity contribution in [1.82, 2.24) is 14.7 Å². The molecule has 1 N–H and O–H groups in total. The Morgan fingerprint density at radius 2 is 1.44 bits per heavy atom. The first kappa shape index (κ1) is 23.0. The van der Waals surface area contributed by atoms with Crippen LogP contribution in [-0.4, -0.2) is 104 Å². The van der Waals surface area contributed by atoms with Crippen molar-refractivity contribution in [3.8, 4) is 0 Å². The number of likely N-dealkylation sites (tertiary alicyclic amines) is 1. The minimum Gasteiger partial charge on any atom is -0.372 e. The number of hydrogen-bond donors (Lipinski definition) is 1. The molecule has 32 heavy (non-hydrogen) atoms. The van der Waals surface area contributed by atoms with Crippen molar-refractivity contribution in [2.75, 3.05) is 75.7 Å². The maximum atomic E-state index is 12.5. The van der Waals surface area contributed by atoms with Crippen LogP contribution in [0.5, 0.6) is 0 Å². The number of anilines is 2. The molecule has 0 saturated carbocycles. The third-order valence-electron chi connectivity index (χ3n) is 6.59. The molecule has 3 aliphatic heterocycles. The van der Waals surface area contributed by atoms with Gasteiger partial charge in [0.2, 0.25) is 11.8 Å². The van der Waals surface area contributed by atoms with E-state index in [2.05, 4.69) is 46.0 Å². The molecule has 2 amide bonds. The lowest BCUT2D eigenvalue weighted by molar-refractivity contribution is -0.132. The van der Waals surface area contributed by atoms with Gasteiger partial charge in [-0.05, 0) is 51.0 Å². The molecule has 4 rings (SSSR count). The average Bonchev–Trinajstić information content (AvgIpc) is 3.30. The van der Waals surface area contributed by atoms with Gasteiger partial charge in [-0.1, -0.05) is 0 Å². The monoisotopic (exact) mass is 443 g/mol. The average molecular weight is 444 g/mol. The fraction of sp³-hybridized carbons (Fsp3) is 0.667. The number of benzene rings is 1. The summed E-state index contributed by atoms with van der Waals surface area (Å²) in [7, 11) is 0. The Hall–Kier alpha value is -2.16. The Kier molecular flexibility index (Phi) is 7.65. The van der Waals surface area contributed by atoms with Crippen LogP contribution >= 0.6 is 0 Å². The Labute approximate surface area is 191 Å². The Morgan fingerprint density at radius 3 is 2.03 bits per heavy atom. The quantitative estimate of drug-likeness (QED) is 0.718. The lowest BCUT2D eigenvalue weighted by Crippen LogP contribution is -2.51. The molecular weight excluding hydrogens is 406 g/mol. The summed E-state index contributed by atoms with van der Waals surface area (Å²) < 4.78 is 5.81. The highest BCUT2D eigenvalue weighted by molar-refractivity contribution is 5.92. The van der Waals surface area contributed by atoms with Crippen LogP contribution in [-0.2, 0) is 14.3 Å². The molecular formula is C24H37N5O3. The number of amides is 2. The minimum atomic E-state index is 0.00737. The SMILES string of the molecule is CC1CN(c2ccc(NC(=O)CN3CCN(CC(=O)N4CCCC4)CC3)cc2)CC(C)O1. The number of piperazine rings is 1. The summed E-state index contributed by atoms with van der Waals surface area (Å²) >= 11 is 0. The van der Waals surface area contributed by atoms with E-state index in [9.17, 15) is 9.59 Å². The molecule has 0 aliphatic carbocycles. The van der Waals surface area contributed by atoms with Crippen molar-refractivity contribution in [2.24, 2.45) is 0 Å². The fourth-order valence-electron chi connectivity index (χ4n) is 4.91. The molecule has 176 valence electrons. The molecule has 1 aromatic carbocycles. The maximum Gasteiger partial charge on any atom is 0.238 e. The van der Waals surface area contributed by atoms with E-state index in [-0.39, 0.29) is 24.0 Å². The van der Waals surface area contributed by atoms with Crippen LogP contribution in [0.15, 0.2) is 24.3 Å². The van der Waals surface area contributed by atoms with Gasteiger partial charge in [-0.3, -0.25) is 19.4 Å². The van der Waals surface area contributed by atoms with Crippen molar-refractivity contribution in [1.29, 1.82) is 0 Å². The van der Waals surface area contributed by atoms with E-state index in [1.165, 1.54) is 0 Å². The standard InChI is InChI=1S/C24H37N5O3/c1-19-15-29(16-20(2)32-19)22-7-5-21(6-8-22)25-23(30)17-26-11-13-27(14-12-26)18-24(31)28-9-3-4-10-28/h5-8,19-20H,3-4,9-18H2,1-2H3,(H,25,30). The summed E-state index contributed by atoms with van der Waals surface area (Å²) in [6, 6.07) is 8.08. The van der Waals surface area contributed by atoms with Crippen molar-refractivity contribution in [3.05, 3.63) is 24.3 Å². The third kappa shape index (κ3) is 6.21. The second-order valence-electron chi connectivity index (χ2n) is 9.40. The van der Waals surface area contributed by atoms with Crippen molar-refractivity contribution >= 4 is 23.2 Å². The van der Waals surface area contributed by atoms with Gasteiger partial charge in [0, 0.05) is 63.7 Å². The molecule has 0 aromatic heterocycles. The summed E-state index contributed by atoms with van der Waals surface area (Å²) in [4.78, 5) is 33.5. The van der Waals surface area contributed by atoms with E-state index in [1.807, 2.05) is 17.0 Å². The van der Waals surface area contributed by atoms with Gasteiger partial charge >= 0.3 is 0 Å². The summed E-state index contributed by atoms with van der Waals surface area (Å²) in [5.74, 6) is 0.256. The van der Waals surface area contributed by atoms with Gasteiger partial charge < -0.3 is 19.9 Å². The number of hydrogen-bond acceptors (Lipinski definition) is 6. The first-order valence-corrected chi connectivity index (χ1v) is 12.0. The molecule has 3 fully saturated rings. The van der Waals surface area contributed by atoms with E-state index < -0.39 is 0 Å². The number of nitrogens with zero attached hydrogens (tertiary/aromatic N) is 4. The fourth-order valence-corrected chi connectivity index (χ4v) is 4.91. The molecule has 3 aliphatic rings. The summed E-state index contributed by atoms with van der Waals surface area (Å²) in [6.45, 7) is 12.0. The van der Waals surface area contributed by atoms with Crippen LogP contribution in [0.4, 0.5) is 11.4 Å². The van der Waals surface area contributed by atoms with Gasteiger partial charge in [0.1, 0.15) is 0 Å². The predicted molar refractivity (Wildman–Crippen MR) is 126 cm³/mol. The zero-order valence-corrected chi connectivity index (χ0v) is 19.5. The van der Waals surface area contributed by atoms with Gasteiger partial charge in [0.25, 0.3) is 0 Å². The number of carbonyl (C=O) groups excluding carboxylic acids is 2. The maximum absolute atomic E-state index is 12.5. The second-order valence-corrected chi connectivity index (χ2v) is 9.40. The van der Waals surface area contributed by atoms with Crippen LogP contribution in [0.2, 0.25) is 0 Å². The normalized spacial score (nSPS) is 25.2. The molecule has 0 radical (unpaired) electrons. The third-order valence-corrected chi connectivity index (χ3v) is 6.59. The van der Waals surface area contributed by atoms with Crippen LogP contribution in [0, 0.1) is 0 Å². The van der Waals surface area contributed by atoms with E-state index in [1.54, 1.807) is 0 Å². The number of morpholine rings is 1. The summed E-state index contributed by atoms with van der Waals surface area (Å²) in [6.07, 6.45) is 2.69. The zero-order chi connectivity index (χ0) is 22.5. The van der Waals surface area contributed by atoms with Crippen LogP contribution in [0.25, 0.3) is 0 Å². The molecule has 1 aromatic rings. The van der Waals surface area contributed by atoms with Crippen molar-refractivity contribution in [2.45, 2.75) is 38.9 Å². The van der Waals surface area contributed by atoms with E-state index >= 15 is 0 Å². The molecule has 3 heterocycles. The highest BCUT2D eigenvalue weighted by Gasteiger charge is 2.25. The molecule has 8 heteroatoms. The lowest BCUT2D eigenvalue weighted by atomic mass is 10.2. The topological polar surface area (TPSA) is 68.4 Å². The van der Waals surface area contributed by atoms with Crippen molar-refractivity contribution < 1.29 is 14.3 Å². The van der Waals surface area contributed by atoms with Crippen LogP contribution < -0.4 is 10.2 Å². The first-order chi connectivity index (χ1) is 15.5. The van der Waals surface area contributed by atoms with Gasteiger partial charge in [0.15, 0.2) is 0 Å². The molecule has 3 saturated heterocycles. The van der Waals surface area contributed by atoms with Crippen LogP contribution in [0.1, 0.15) is 26.7 Å². The number of nitrogens with one attached hydrogen (secondary N) is 1. The Balaban J connectivity index is 1.18. The Morgan fingerprint density at radius 1 is 0.875 bits per heavy atom. The van der Waals surface area contributed by atoms with Crippen molar-refractivity contribution in [3.63, 3.8) is 0 Å². The number of carbonyl (C=O) groups is 2. The summed E-state index contributed by atoms with van der Waals surface area (Å²) in [5, 5.41) is 3.02. The predicted octanol–water partition coefficient (Wildman–Crippen LogP) is 1.48. The molecule has 8 nitrogen and oxygen atoms in total. The molecule has 0 bridgehead atoms. The lowest BCUT2D eigenvalue weighted by Gasteiger charge is -2.37. The molecule has 2 atom stereocenters. The van der Waals surface area contributed by atoms with Gasteiger partial charge in [-0.2, -0.15) is 0 Å². The number of rotatable bonds is 6. The van der Waals surface area contributed by atoms with E-state index in [4.69, 9.17) is 4.74 Å². The largest absolute Gasteiger partial charge is 0.372 e. The minimum absolute atomic E-state index is 0.00737. The Bertz CT molecular complexity index is 762. The van der Waals surface area contributed by atoms with Gasteiger partial charge in [-0.25, -0.2) is 0 Å². The van der Waals surface area contributed by atoms with E-state index in [0.29, 0.717) is 13.1 Å². The highest BCUT2D eigenvalue weighted by Crippen LogP contribution is 2.22.